The Morgan fingerprint density at radius 1 is 0.792 bits per heavy atom. The Bertz CT molecular complexity index is 1340. The minimum absolute atomic E-state index is 0.269. The average Bonchev–Trinajstić information content (AvgIpc) is 2.99. The third kappa shape index (κ3) is 14.8. The maximum Gasteiger partial charge on any atom is 0.408 e. The van der Waals surface area contributed by atoms with Crippen molar-refractivity contribution in [3.8, 4) is 11.1 Å². The summed E-state index contributed by atoms with van der Waals surface area (Å²) in [5.74, 6) is -1.87. The Morgan fingerprint density at radius 2 is 1.38 bits per heavy atom. The molecule has 48 heavy (non-hydrogen) atoms. The fraction of sp³-hybridized carbons (Fsp3) is 0.529. The number of hydroxylamine groups is 1. The number of carbonyl (C=O) groups excluding carboxylic acids is 4. The van der Waals surface area contributed by atoms with Crippen LogP contribution in [0.5, 0.6) is 0 Å². The van der Waals surface area contributed by atoms with Crippen LogP contribution in [0.4, 0.5) is 4.79 Å². The van der Waals surface area contributed by atoms with Crippen LogP contribution in [0.3, 0.4) is 0 Å². The molecule has 2 aromatic carbocycles. The fourth-order valence-corrected chi connectivity index (χ4v) is 4.46. The Labute approximate surface area is 281 Å². The van der Waals surface area contributed by atoms with Crippen LogP contribution in [0.25, 0.3) is 11.1 Å². The van der Waals surface area contributed by atoms with Crippen molar-refractivity contribution in [2.75, 3.05) is 13.1 Å². The normalized spacial score (nSPS) is 14.2. The van der Waals surface area contributed by atoms with Crippen molar-refractivity contribution in [2.45, 2.75) is 104 Å². The maximum absolute atomic E-state index is 13.1. The molecule has 0 heterocycles. The van der Waals surface area contributed by atoms with Crippen LogP contribution in [-0.4, -0.2) is 88.1 Å². The van der Waals surface area contributed by atoms with Crippen LogP contribution >= 0.6 is 0 Å². The van der Waals surface area contributed by atoms with E-state index >= 15 is 0 Å². The molecule has 0 fully saturated rings. The summed E-state index contributed by atoms with van der Waals surface area (Å²) in [5, 5.41) is 39.3. The lowest BCUT2D eigenvalue weighted by molar-refractivity contribution is -0.181. The SMILES string of the molecule is C[C@@H](O)[C@H](NC(=O)c1ccc(-c2ccc(CCNC(=O)[C@H](CCCN[C@H](O)OC(C)(C)C)NC(=O)OC(C)(C)C)cc2)cc1)C(=O)NO. The van der Waals surface area contributed by atoms with Crippen molar-refractivity contribution < 1.29 is 44.1 Å². The van der Waals surface area contributed by atoms with E-state index in [1.807, 2.05) is 45.0 Å². The van der Waals surface area contributed by atoms with Gasteiger partial charge in [0.25, 0.3) is 11.8 Å². The van der Waals surface area contributed by atoms with Gasteiger partial charge in [0.05, 0.1) is 11.7 Å². The number of alkyl carbamates (subject to hydrolysis) is 1. The van der Waals surface area contributed by atoms with Crippen molar-refractivity contribution in [2.24, 2.45) is 0 Å². The molecule has 4 atom stereocenters. The number of hydrogen-bond acceptors (Lipinski definition) is 10. The molecule has 8 N–H and O–H groups in total. The molecule has 0 radical (unpaired) electrons. The summed E-state index contributed by atoms with van der Waals surface area (Å²) in [6.07, 6.45) is -1.77. The van der Waals surface area contributed by atoms with Gasteiger partial charge in [0.15, 0.2) is 0 Å². The molecule has 0 aromatic heterocycles. The lowest BCUT2D eigenvalue weighted by Gasteiger charge is -2.25. The lowest BCUT2D eigenvalue weighted by Crippen LogP contribution is -2.51. The molecule has 14 heteroatoms. The number of nitrogens with one attached hydrogen (secondary N) is 5. The van der Waals surface area contributed by atoms with E-state index in [1.165, 1.54) is 12.4 Å². The minimum Gasteiger partial charge on any atom is -0.444 e. The average molecular weight is 674 g/mol. The number of amides is 4. The standard InChI is InChI=1S/C34H51N5O9/c1-21(40)27(30(43)39-46)38-28(41)25-16-14-24(15-17-25)23-12-10-22(11-13-23)18-20-35-29(42)26(37-32(45)48-34(5,6)7)9-8-19-36-31(44)47-33(2,3)4/h10-17,21,26-27,31,36,40,44,46H,8-9,18-20H2,1-7H3,(H,35,42)(H,37,45)(H,38,41)(H,39,43)/t21-,26+,27+,31-/m1/s1. The topological polar surface area (TPSA) is 208 Å². The van der Waals surface area contributed by atoms with E-state index in [0.717, 1.165) is 16.7 Å². The molecular formula is C34H51N5O9. The van der Waals surface area contributed by atoms with Crippen LogP contribution < -0.4 is 26.7 Å². The zero-order valence-electron chi connectivity index (χ0n) is 28.8. The summed E-state index contributed by atoms with van der Waals surface area (Å²) in [4.78, 5) is 49.7. The molecule has 2 aromatic rings. The number of hydrogen-bond donors (Lipinski definition) is 8. The fourth-order valence-electron chi connectivity index (χ4n) is 4.46. The van der Waals surface area contributed by atoms with Crippen LogP contribution in [-0.2, 0) is 25.5 Å². The highest BCUT2D eigenvalue weighted by Gasteiger charge is 2.26. The van der Waals surface area contributed by atoms with Crippen LogP contribution in [0.2, 0.25) is 0 Å². The largest absolute Gasteiger partial charge is 0.444 e. The summed E-state index contributed by atoms with van der Waals surface area (Å²) in [6.45, 7) is 12.7. The molecular weight excluding hydrogens is 622 g/mol. The zero-order chi connectivity index (χ0) is 36.1. The highest BCUT2D eigenvalue weighted by molar-refractivity contribution is 5.98. The number of ether oxygens (including phenoxy) is 2. The third-order valence-corrected chi connectivity index (χ3v) is 6.77. The highest BCUT2D eigenvalue weighted by Crippen LogP contribution is 2.21. The first-order chi connectivity index (χ1) is 22.4. The number of aliphatic hydroxyl groups excluding tert-OH is 2. The van der Waals surface area contributed by atoms with Crippen LogP contribution in [0.15, 0.2) is 48.5 Å². The molecule has 14 nitrogen and oxygen atoms in total. The van der Waals surface area contributed by atoms with Gasteiger partial charge in [-0.3, -0.25) is 24.9 Å². The summed E-state index contributed by atoms with van der Waals surface area (Å²) in [7, 11) is 0. The Balaban J connectivity index is 1.94. The van der Waals surface area contributed by atoms with E-state index in [1.54, 1.807) is 45.0 Å². The molecule has 0 saturated heterocycles. The molecule has 266 valence electrons. The molecule has 0 saturated carbocycles. The summed E-state index contributed by atoms with van der Waals surface area (Å²) >= 11 is 0. The van der Waals surface area contributed by atoms with Gasteiger partial charge >= 0.3 is 6.09 Å². The highest BCUT2D eigenvalue weighted by atomic mass is 16.6. The predicted octanol–water partition coefficient (Wildman–Crippen LogP) is 2.35. The molecule has 0 aliphatic heterocycles. The van der Waals surface area contributed by atoms with Gasteiger partial charge in [0.2, 0.25) is 12.3 Å². The van der Waals surface area contributed by atoms with Gasteiger partial charge in [0.1, 0.15) is 17.7 Å². The van der Waals surface area contributed by atoms with Gasteiger partial charge in [-0.25, -0.2) is 10.3 Å². The molecule has 0 aliphatic rings. The summed E-state index contributed by atoms with van der Waals surface area (Å²) < 4.78 is 10.8. The number of carbonyl (C=O) groups is 4. The van der Waals surface area contributed by atoms with Gasteiger partial charge < -0.3 is 35.6 Å². The molecule has 0 bridgehead atoms. The summed E-state index contributed by atoms with van der Waals surface area (Å²) in [5.41, 5.74) is 3.13. The first kappa shape index (κ1) is 40.1. The van der Waals surface area contributed by atoms with Crippen LogP contribution in [0.1, 0.15) is 77.2 Å². The second-order valence-electron chi connectivity index (χ2n) is 13.4. The monoisotopic (exact) mass is 673 g/mol. The minimum atomic E-state index is -1.32. The van der Waals surface area contributed by atoms with Gasteiger partial charge in [-0.05, 0) is 103 Å². The molecule has 0 spiro atoms. The third-order valence-electron chi connectivity index (χ3n) is 6.77. The maximum atomic E-state index is 13.1. The first-order valence-corrected chi connectivity index (χ1v) is 15.9. The van der Waals surface area contributed by atoms with Crippen molar-refractivity contribution in [3.05, 3.63) is 59.7 Å². The first-order valence-electron chi connectivity index (χ1n) is 15.9. The van der Waals surface area contributed by atoms with E-state index in [2.05, 4.69) is 21.3 Å². The molecule has 0 aliphatic carbocycles. The second kappa shape index (κ2) is 18.5. The van der Waals surface area contributed by atoms with Crippen LogP contribution in [0, 0.1) is 0 Å². The number of rotatable bonds is 16. The Morgan fingerprint density at radius 3 is 1.90 bits per heavy atom. The predicted molar refractivity (Wildman–Crippen MR) is 179 cm³/mol. The molecule has 2 rings (SSSR count). The van der Waals surface area contributed by atoms with E-state index in [-0.39, 0.29) is 11.5 Å². The second-order valence-corrected chi connectivity index (χ2v) is 13.4. The van der Waals surface area contributed by atoms with E-state index in [4.69, 9.17) is 14.7 Å². The molecule has 4 amide bonds. The summed E-state index contributed by atoms with van der Waals surface area (Å²) in [6, 6.07) is 12.2. The molecule has 0 unspecified atom stereocenters. The van der Waals surface area contributed by atoms with Gasteiger partial charge in [-0.2, -0.15) is 0 Å². The van der Waals surface area contributed by atoms with E-state index < -0.39 is 53.7 Å². The smallest absolute Gasteiger partial charge is 0.408 e. The number of benzene rings is 2. The van der Waals surface area contributed by atoms with Gasteiger partial charge in [0, 0.05) is 12.1 Å². The zero-order valence-corrected chi connectivity index (χ0v) is 28.8. The van der Waals surface area contributed by atoms with Crippen molar-refractivity contribution in [1.82, 2.24) is 26.7 Å². The Hall–Kier alpha value is -4.08. The van der Waals surface area contributed by atoms with Gasteiger partial charge in [-0.15, -0.1) is 0 Å². The number of aliphatic hydroxyl groups is 2. The van der Waals surface area contributed by atoms with E-state index in [9.17, 15) is 29.4 Å². The van der Waals surface area contributed by atoms with Crippen molar-refractivity contribution >= 4 is 23.8 Å². The lowest BCUT2D eigenvalue weighted by atomic mass is 10.0. The van der Waals surface area contributed by atoms with E-state index in [0.29, 0.717) is 32.4 Å². The van der Waals surface area contributed by atoms with Crippen molar-refractivity contribution in [3.63, 3.8) is 0 Å². The van der Waals surface area contributed by atoms with Gasteiger partial charge in [-0.1, -0.05) is 36.4 Å². The van der Waals surface area contributed by atoms with Crippen molar-refractivity contribution in [1.29, 1.82) is 0 Å². The Kier molecular flexibility index (Phi) is 15.4. The quantitative estimate of drug-likeness (QED) is 0.0565.